The Labute approximate surface area is 133 Å². The molecule has 0 bridgehead atoms. The Kier molecular flexibility index (Phi) is 4.24. The molecule has 2 aromatic rings. The third kappa shape index (κ3) is 3.20. The first kappa shape index (κ1) is 14.8. The summed E-state index contributed by atoms with van der Waals surface area (Å²) in [5.41, 5.74) is 2.96. The molecule has 0 spiro atoms. The molecule has 0 unspecified atom stereocenters. The summed E-state index contributed by atoms with van der Waals surface area (Å²) < 4.78 is 5.10. The normalized spacial score (nSPS) is 12.8. The summed E-state index contributed by atoms with van der Waals surface area (Å²) in [7, 11) is 0. The Morgan fingerprint density at radius 1 is 1.27 bits per heavy atom. The molecule has 22 heavy (non-hydrogen) atoms. The summed E-state index contributed by atoms with van der Waals surface area (Å²) in [6.07, 6.45) is 3.24. The molecule has 0 saturated carbocycles. The standard InChI is InChI=1S/C17H17NO3S/c1-11-5-2-3-7-13(11)18-16(19)10-21-17(20)15-9-12-6-4-8-14(12)22-15/h2-3,5,7,9H,4,6,8,10H2,1H3,(H,18,19). The van der Waals surface area contributed by atoms with Crippen molar-refractivity contribution in [2.45, 2.75) is 26.2 Å². The van der Waals surface area contributed by atoms with Crippen LogP contribution in [-0.4, -0.2) is 18.5 Å². The number of thiophene rings is 1. The van der Waals surface area contributed by atoms with Crippen LogP contribution in [-0.2, 0) is 22.4 Å². The first-order valence-electron chi connectivity index (χ1n) is 7.27. The molecule has 1 aromatic carbocycles. The van der Waals surface area contributed by atoms with Crippen LogP contribution >= 0.6 is 11.3 Å². The second-order valence-electron chi connectivity index (χ2n) is 5.35. The SMILES string of the molecule is Cc1ccccc1NC(=O)COC(=O)c1cc2c(s1)CCC2. The lowest BCUT2D eigenvalue weighted by atomic mass is 10.2. The van der Waals surface area contributed by atoms with Gasteiger partial charge in [0.05, 0.1) is 0 Å². The van der Waals surface area contributed by atoms with Crippen LogP contribution in [0.15, 0.2) is 30.3 Å². The number of hydrogen-bond donors (Lipinski definition) is 1. The minimum atomic E-state index is -0.417. The fourth-order valence-electron chi connectivity index (χ4n) is 2.53. The van der Waals surface area contributed by atoms with E-state index >= 15 is 0 Å². The van der Waals surface area contributed by atoms with Crippen LogP contribution in [0, 0.1) is 6.92 Å². The zero-order valence-corrected chi connectivity index (χ0v) is 13.2. The lowest BCUT2D eigenvalue weighted by Gasteiger charge is -2.08. The van der Waals surface area contributed by atoms with Gasteiger partial charge in [-0.3, -0.25) is 4.79 Å². The average Bonchev–Trinajstić information content (AvgIpc) is 3.08. The molecular formula is C17H17NO3S. The first-order chi connectivity index (χ1) is 10.6. The van der Waals surface area contributed by atoms with Crippen LogP contribution in [0.3, 0.4) is 0 Å². The molecule has 1 heterocycles. The molecule has 0 saturated heterocycles. The van der Waals surface area contributed by atoms with Gasteiger partial charge in [-0.15, -0.1) is 11.3 Å². The van der Waals surface area contributed by atoms with Crippen molar-refractivity contribution in [3.8, 4) is 0 Å². The number of esters is 1. The Hall–Kier alpha value is -2.14. The van der Waals surface area contributed by atoms with E-state index in [0.717, 1.165) is 30.5 Å². The molecule has 1 N–H and O–H groups in total. The van der Waals surface area contributed by atoms with Gasteiger partial charge in [-0.1, -0.05) is 18.2 Å². The number of hydrogen-bond acceptors (Lipinski definition) is 4. The highest BCUT2D eigenvalue weighted by Gasteiger charge is 2.20. The molecule has 5 heteroatoms. The molecule has 1 amide bonds. The van der Waals surface area contributed by atoms with Crippen LogP contribution in [0.25, 0.3) is 0 Å². The van der Waals surface area contributed by atoms with Crippen LogP contribution in [0.2, 0.25) is 0 Å². The summed E-state index contributed by atoms with van der Waals surface area (Å²) in [5.74, 6) is -0.744. The van der Waals surface area contributed by atoms with E-state index in [1.54, 1.807) is 0 Å². The Morgan fingerprint density at radius 3 is 2.86 bits per heavy atom. The summed E-state index contributed by atoms with van der Waals surface area (Å²) in [5, 5.41) is 2.74. The number of para-hydroxylation sites is 1. The van der Waals surface area contributed by atoms with Crippen molar-refractivity contribution in [1.29, 1.82) is 0 Å². The summed E-state index contributed by atoms with van der Waals surface area (Å²) in [6.45, 7) is 1.64. The third-order valence-electron chi connectivity index (χ3n) is 3.70. The average molecular weight is 315 g/mol. The van der Waals surface area contributed by atoms with Gasteiger partial charge in [0.25, 0.3) is 5.91 Å². The quantitative estimate of drug-likeness (QED) is 0.880. The maximum absolute atomic E-state index is 12.0. The third-order valence-corrected chi connectivity index (χ3v) is 4.92. The van der Waals surface area contributed by atoms with Crippen molar-refractivity contribution in [3.63, 3.8) is 0 Å². The minimum Gasteiger partial charge on any atom is -0.451 e. The van der Waals surface area contributed by atoms with Gasteiger partial charge in [-0.2, -0.15) is 0 Å². The summed E-state index contributed by atoms with van der Waals surface area (Å²) in [4.78, 5) is 25.7. The van der Waals surface area contributed by atoms with Crippen molar-refractivity contribution in [1.82, 2.24) is 0 Å². The molecule has 0 atom stereocenters. The maximum Gasteiger partial charge on any atom is 0.348 e. The highest BCUT2D eigenvalue weighted by atomic mass is 32.1. The van der Waals surface area contributed by atoms with Crippen LogP contribution < -0.4 is 5.32 Å². The second kappa shape index (κ2) is 6.32. The lowest BCUT2D eigenvalue weighted by Crippen LogP contribution is -2.21. The van der Waals surface area contributed by atoms with Gasteiger partial charge in [0.2, 0.25) is 0 Å². The highest BCUT2D eigenvalue weighted by Crippen LogP contribution is 2.30. The van der Waals surface area contributed by atoms with E-state index in [0.29, 0.717) is 4.88 Å². The van der Waals surface area contributed by atoms with E-state index in [2.05, 4.69) is 5.32 Å². The van der Waals surface area contributed by atoms with Crippen LogP contribution in [0.1, 0.15) is 32.1 Å². The molecule has 1 aromatic heterocycles. The zero-order valence-electron chi connectivity index (χ0n) is 12.3. The van der Waals surface area contributed by atoms with Crippen molar-refractivity contribution in [2.75, 3.05) is 11.9 Å². The predicted molar refractivity (Wildman–Crippen MR) is 86.4 cm³/mol. The summed E-state index contributed by atoms with van der Waals surface area (Å²) >= 11 is 1.48. The van der Waals surface area contributed by atoms with Crippen molar-refractivity contribution in [3.05, 3.63) is 51.2 Å². The smallest absolute Gasteiger partial charge is 0.348 e. The number of benzene rings is 1. The van der Waals surface area contributed by atoms with E-state index in [-0.39, 0.29) is 12.5 Å². The van der Waals surface area contributed by atoms with Crippen molar-refractivity contribution >= 4 is 28.9 Å². The topological polar surface area (TPSA) is 55.4 Å². The fourth-order valence-corrected chi connectivity index (χ4v) is 3.68. The molecule has 4 nitrogen and oxygen atoms in total. The number of amides is 1. The predicted octanol–water partition coefficient (Wildman–Crippen LogP) is 3.34. The fraction of sp³-hybridized carbons (Fsp3) is 0.294. The van der Waals surface area contributed by atoms with Crippen LogP contribution in [0.5, 0.6) is 0 Å². The number of fused-ring (bicyclic) bond motifs is 1. The maximum atomic E-state index is 12.0. The van der Waals surface area contributed by atoms with Gasteiger partial charge in [0.1, 0.15) is 4.88 Å². The molecule has 0 aliphatic heterocycles. The van der Waals surface area contributed by atoms with Gasteiger partial charge >= 0.3 is 5.97 Å². The van der Waals surface area contributed by atoms with Crippen LogP contribution in [0.4, 0.5) is 5.69 Å². The number of rotatable bonds is 4. The zero-order chi connectivity index (χ0) is 15.5. The van der Waals surface area contributed by atoms with Gasteiger partial charge in [-0.05, 0) is 49.4 Å². The summed E-state index contributed by atoms with van der Waals surface area (Å²) in [6, 6.07) is 9.38. The van der Waals surface area contributed by atoms with Gasteiger partial charge < -0.3 is 10.1 Å². The molecular weight excluding hydrogens is 298 g/mol. The second-order valence-corrected chi connectivity index (χ2v) is 6.49. The number of aryl methyl sites for hydroxylation is 3. The number of carbonyl (C=O) groups is 2. The Bertz CT molecular complexity index is 699. The molecule has 0 radical (unpaired) electrons. The van der Waals surface area contributed by atoms with Gasteiger partial charge in [0, 0.05) is 10.6 Å². The molecule has 1 aliphatic rings. The Balaban J connectivity index is 1.54. The number of ether oxygens (including phenoxy) is 1. The monoisotopic (exact) mass is 315 g/mol. The van der Waals surface area contributed by atoms with Gasteiger partial charge in [0.15, 0.2) is 6.61 Å². The minimum absolute atomic E-state index is 0.268. The molecule has 1 aliphatic carbocycles. The largest absolute Gasteiger partial charge is 0.451 e. The van der Waals surface area contributed by atoms with E-state index in [1.165, 1.54) is 21.8 Å². The highest BCUT2D eigenvalue weighted by molar-refractivity contribution is 7.14. The van der Waals surface area contributed by atoms with Gasteiger partial charge in [-0.25, -0.2) is 4.79 Å². The van der Waals surface area contributed by atoms with E-state index in [9.17, 15) is 9.59 Å². The molecule has 0 fully saturated rings. The number of nitrogens with one attached hydrogen (secondary N) is 1. The lowest BCUT2D eigenvalue weighted by molar-refractivity contribution is -0.119. The van der Waals surface area contributed by atoms with E-state index in [4.69, 9.17) is 4.74 Å². The molecule has 3 rings (SSSR count). The van der Waals surface area contributed by atoms with Crippen molar-refractivity contribution in [2.24, 2.45) is 0 Å². The molecule has 114 valence electrons. The van der Waals surface area contributed by atoms with E-state index in [1.807, 2.05) is 37.3 Å². The van der Waals surface area contributed by atoms with E-state index < -0.39 is 5.97 Å². The Morgan fingerprint density at radius 2 is 2.09 bits per heavy atom. The number of carbonyl (C=O) groups excluding carboxylic acids is 2. The number of anilines is 1. The first-order valence-corrected chi connectivity index (χ1v) is 8.09. The van der Waals surface area contributed by atoms with Crippen molar-refractivity contribution < 1.29 is 14.3 Å².